The average Bonchev–Trinajstić information content (AvgIpc) is 3.19. The lowest BCUT2D eigenvalue weighted by atomic mass is 9.92. The van der Waals surface area contributed by atoms with Gasteiger partial charge in [-0.25, -0.2) is 13.4 Å². The van der Waals surface area contributed by atoms with E-state index in [1.165, 1.54) is 0 Å². The summed E-state index contributed by atoms with van der Waals surface area (Å²) in [5, 5.41) is 7.27. The SMILES string of the molecule is Nc1cc(-c2cn[nH]c2C2CCCN(S(=O)(=O)c3ccccc3)C2)ccn1. The molecule has 0 bridgehead atoms. The lowest BCUT2D eigenvalue weighted by Gasteiger charge is -2.32. The molecule has 0 amide bonds. The first-order chi connectivity index (χ1) is 13.1. The van der Waals surface area contributed by atoms with Crippen LogP contribution < -0.4 is 5.73 Å². The van der Waals surface area contributed by atoms with Gasteiger partial charge in [-0.05, 0) is 42.7 Å². The van der Waals surface area contributed by atoms with Gasteiger partial charge in [0.25, 0.3) is 0 Å². The number of nitrogens with two attached hydrogens (primary N) is 1. The van der Waals surface area contributed by atoms with Gasteiger partial charge < -0.3 is 5.73 Å². The molecule has 4 rings (SSSR count). The van der Waals surface area contributed by atoms with Gasteiger partial charge in [0.05, 0.1) is 11.1 Å². The van der Waals surface area contributed by atoms with E-state index in [-0.39, 0.29) is 5.92 Å². The van der Waals surface area contributed by atoms with Crippen LogP contribution in [0.15, 0.2) is 59.8 Å². The van der Waals surface area contributed by atoms with E-state index in [9.17, 15) is 8.42 Å². The molecule has 1 unspecified atom stereocenters. The van der Waals surface area contributed by atoms with Crippen molar-refractivity contribution in [1.82, 2.24) is 19.5 Å². The Bertz CT molecular complexity index is 1030. The number of anilines is 1. The van der Waals surface area contributed by atoms with E-state index in [2.05, 4.69) is 15.2 Å². The van der Waals surface area contributed by atoms with Gasteiger partial charge in [-0.15, -0.1) is 0 Å². The third kappa shape index (κ3) is 3.45. The summed E-state index contributed by atoms with van der Waals surface area (Å²) in [6.45, 7) is 0.951. The van der Waals surface area contributed by atoms with Crippen molar-refractivity contribution in [2.45, 2.75) is 23.7 Å². The third-order valence-corrected chi connectivity index (χ3v) is 6.81. The smallest absolute Gasteiger partial charge is 0.243 e. The molecule has 140 valence electrons. The fourth-order valence-corrected chi connectivity index (χ4v) is 5.14. The zero-order chi connectivity index (χ0) is 18.9. The standard InChI is InChI=1S/C19H21N5O2S/c20-18-11-14(8-9-21-18)17-12-22-23-19(17)15-5-4-10-24(13-15)27(25,26)16-6-2-1-3-7-16/h1-3,6-9,11-12,15H,4-5,10,13H2,(H2,20,21)(H,22,23). The van der Waals surface area contributed by atoms with E-state index in [1.54, 1.807) is 47.0 Å². The van der Waals surface area contributed by atoms with Crippen LogP contribution in [-0.2, 0) is 10.0 Å². The van der Waals surface area contributed by atoms with Gasteiger partial charge in [0.2, 0.25) is 10.0 Å². The number of H-pyrrole nitrogens is 1. The van der Waals surface area contributed by atoms with E-state index in [0.29, 0.717) is 23.8 Å². The molecule has 1 aliphatic heterocycles. The Morgan fingerprint density at radius 1 is 1.19 bits per heavy atom. The molecule has 3 N–H and O–H groups in total. The predicted octanol–water partition coefficient (Wildman–Crippen LogP) is 2.62. The summed E-state index contributed by atoms with van der Waals surface area (Å²) in [5.41, 5.74) is 8.61. The summed E-state index contributed by atoms with van der Waals surface area (Å²) >= 11 is 0. The maximum Gasteiger partial charge on any atom is 0.243 e. The maximum atomic E-state index is 13.0. The van der Waals surface area contributed by atoms with Crippen LogP contribution in [0.25, 0.3) is 11.1 Å². The predicted molar refractivity (Wildman–Crippen MR) is 103 cm³/mol. The Morgan fingerprint density at radius 3 is 2.78 bits per heavy atom. The van der Waals surface area contributed by atoms with Crippen LogP contribution in [0, 0.1) is 0 Å². The lowest BCUT2D eigenvalue weighted by molar-refractivity contribution is 0.313. The van der Waals surface area contributed by atoms with Crippen molar-refractivity contribution in [3.05, 3.63) is 60.6 Å². The van der Waals surface area contributed by atoms with Crippen molar-refractivity contribution in [3.63, 3.8) is 0 Å². The molecule has 3 heterocycles. The Morgan fingerprint density at radius 2 is 2.00 bits per heavy atom. The number of nitrogen functional groups attached to an aromatic ring is 1. The zero-order valence-corrected chi connectivity index (χ0v) is 15.6. The van der Waals surface area contributed by atoms with Crippen LogP contribution in [0.1, 0.15) is 24.5 Å². The second-order valence-electron chi connectivity index (χ2n) is 6.68. The molecule has 1 saturated heterocycles. The minimum absolute atomic E-state index is 0.0455. The van der Waals surface area contributed by atoms with E-state index in [4.69, 9.17) is 5.73 Å². The minimum atomic E-state index is -3.50. The van der Waals surface area contributed by atoms with Gasteiger partial charge >= 0.3 is 0 Å². The van der Waals surface area contributed by atoms with Crippen LogP contribution in [0.4, 0.5) is 5.82 Å². The first kappa shape index (κ1) is 17.7. The van der Waals surface area contributed by atoms with Crippen LogP contribution >= 0.6 is 0 Å². The highest BCUT2D eigenvalue weighted by Gasteiger charge is 2.32. The van der Waals surface area contributed by atoms with E-state index < -0.39 is 10.0 Å². The van der Waals surface area contributed by atoms with Crippen molar-refractivity contribution in [2.75, 3.05) is 18.8 Å². The van der Waals surface area contributed by atoms with Gasteiger partial charge in [-0.2, -0.15) is 9.40 Å². The molecule has 0 aliphatic carbocycles. The van der Waals surface area contributed by atoms with Gasteiger partial charge in [0, 0.05) is 36.5 Å². The highest BCUT2D eigenvalue weighted by Crippen LogP contribution is 2.34. The van der Waals surface area contributed by atoms with Crippen LogP contribution in [-0.4, -0.2) is 41.0 Å². The number of hydrogen-bond acceptors (Lipinski definition) is 5. The molecule has 1 fully saturated rings. The number of hydrogen-bond donors (Lipinski definition) is 2. The fraction of sp³-hybridized carbons (Fsp3) is 0.263. The molecule has 1 aromatic carbocycles. The monoisotopic (exact) mass is 383 g/mol. The molecule has 0 saturated carbocycles. The summed E-state index contributed by atoms with van der Waals surface area (Å²) in [6.07, 6.45) is 5.12. The second-order valence-corrected chi connectivity index (χ2v) is 8.62. The first-order valence-corrected chi connectivity index (χ1v) is 10.3. The van der Waals surface area contributed by atoms with Crippen LogP contribution in [0.5, 0.6) is 0 Å². The molecule has 0 spiro atoms. The molecule has 3 aromatic rings. The number of sulfonamides is 1. The topological polar surface area (TPSA) is 105 Å². The molecule has 8 heteroatoms. The summed E-state index contributed by atoms with van der Waals surface area (Å²) in [7, 11) is -3.50. The normalized spacial score (nSPS) is 18.4. The molecule has 27 heavy (non-hydrogen) atoms. The Hall–Kier alpha value is -2.71. The number of nitrogens with one attached hydrogen (secondary N) is 1. The number of rotatable bonds is 4. The largest absolute Gasteiger partial charge is 0.384 e. The van der Waals surface area contributed by atoms with Crippen molar-refractivity contribution >= 4 is 15.8 Å². The number of aromatic nitrogens is 3. The minimum Gasteiger partial charge on any atom is -0.384 e. The summed E-state index contributed by atoms with van der Waals surface area (Å²) in [4.78, 5) is 4.36. The molecular weight excluding hydrogens is 362 g/mol. The van der Waals surface area contributed by atoms with E-state index >= 15 is 0 Å². The quantitative estimate of drug-likeness (QED) is 0.720. The summed E-state index contributed by atoms with van der Waals surface area (Å²) in [6, 6.07) is 12.3. The number of aromatic amines is 1. The highest BCUT2D eigenvalue weighted by atomic mass is 32.2. The third-order valence-electron chi connectivity index (χ3n) is 4.93. The number of nitrogens with zero attached hydrogens (tertiary/aromatic N) is 3. The van der Waals surface area contributed by atoms with Crippen LogP contribution in [0.3, 0.4) is 0 Å². The van der Waals surface area contributed by atoms with E-state index in [1.807, 2.05) is 12.1 Å². The van der Waals surface area contributed by atoms with Gasteiger partial charge in [0.1, 0.15) is 5.82 Å². The molecule has 1 aliphatic rings. The average molecular weight is 383 g/mol. The van der Waals surface area contributed by atoms with Gasteiger partial charge in [-0.1, -0.05) is 18.2 Å². The molecule has 7 nitrogen and oxygen atoms in total. The Labute approximate surface area is 158 Å². The second kappa shape index (κ2) is 7.13. The van der Waals surface area contributed by atoms with Crippen molar-refractivity contribution in [2.24, 2.45) is 0 Å². The number of benzene rings is 1. The zero-order valence-electron chi connectivity index (χ0n) is 14.7. The molecule has 0 radical (unpaired) electrons. The number of piperidine rings is 1. The van der Waals surface area contributed by atoms with Crippen molar-refractivity contribution in [3.8, 4) is 11.1 Å². The van der Waals surface area contributed by atoms with Crippen molar-refractivity contribution < 1.29 is 8.42 Å². The molecule has 2 aromatic heterocycles. The van der Waals surface area contributed by atoms with Crippen molar-refractivity contribution in [1.29, 1.82) is 0 Å². The van der Waals surface area contributed by atoms with E-state index in [0.717, 1.165) is 29.7 Å². The fourth-order valence-electron chi connectivity index (χ4n) is 3.59. The maximum absolute atomic E-state index is 13.0. The highest BCUT2D eigenvalue weighted by molar-refractivity contribution is 7.89. The molecular formula is C19H21N5O2S. The van der Waals surface area contributed by atoms with Gasteiger partial charge in [0.15, 0.2) is 0 Å². The Kier molecular flexibility index (Phi) is 4.67. The van der Waals surface area contributed by atoms with Crippen LogP contribution in [0.2, 0.25) is 0 Å². The van der Waals surface area contributed by atoms with Gasteiger partial charge in [-0.3, -0.25) is 5.10 Å². The summed E-state index contributed by atoms with van der Waals surface area (Å²) < 4.78 is 27.5. The summed E-state index contributed by atoms with van der Waals surface area (Å²) in [5.74, 6) is 0.487. The Balaban J connectivity index is 1.63. The number of pyridine rings is 1. The molecule has 1 atom stereocenters. The first-order valence-electron chi connectivity index (χ1n) is 8.86. The lowest BCUT2D eigenvalue weighted by Crippen LogP contribution is -2.39.